The maximum Gasteiger partial charge on any atom is -0.0106 e. The largest absolute Gasteiger partial charge is 0.0993 e. The van der Waals surface area contributed by atoms with Gasteiger partial charge in [-0.3, -0.25) is 0 Å². The van der Waals surface area contributed by atoms with Gasteiger partial charge in [0.15, 0.2) is 0 Å². The zero-order valence-corrected chi connectivity index (χ0v) is 16.1. The highest BCUT2D eigenvalue weighted by Gasteiger charge is 2.49. The molecule has 0 amide bonds. The topological polar surface area (TPSA) is 0 Å². The number of hydrogen-bond acceptors (Lipinski definition) is 0. The maximum absolute atomic E-state index is 4.71. The average molecular weight is 315 g/mol. The van der Waals surface area contributed by atoms with Crippen molar-refractivity contribution in [2.24, 2.45) is 53.3 Å². The summed E-state index contributed by atoms with van der Waals surface area (Å²) in [5, 5.41) is 0. The molecule has 3 aliphatic carbocycles. The van der Waals surface area contributed by atoms with Gasteiger partial charge in [-0.25, -0.2) is 0 Å². The first-order chi connectivity index (χ1) is 10.8. The van der Waals surface area contributed by atoms with Crippen LogP contribution in [-0.2, 0) is 0 Å². The zero-order valence-electron chi connectivity index (χ0n) is 16.1. The van der Waals surface area contributed by atoms with Crippen molar-refractivity contribution < 1.29 is 0 Å². The molecule has 0 bridgehead atoms. The molecule has 3 rings (SSSR count). The molecule has 0 saturated heterocycles. The molecule has 9 unspecified atom stereocenters. The minimum absolute atomic E-state index is 0.636. The second-order valence-corrected chi connectivity index (χ2v) is 9.45. The monoisotopic (exact) mass is 314 g/mol. The summed E-state index contributed by atoms with van der Waals surface area (Å²) in [6.07, 6.45) is 6.93. The smallest absolute Gasteiger partial charge is 0.0106 e. The zero-order chi connectivity index (χ0) is 16.9. The molecule has 0 heteroatoms. The standard InChI is InChI=1S/C23H38/c1-13-12-14(2)22(17(5)15(13)3)23-18(6)16(4)20-10-8-9-11-21(20)19(23)7/h13-15,17-18,20-23H,4,7-12H2,1-3,5-6H3. The lowest BCUT2D eigenvalue weighted by Crippen LogP contribution is -2.46. The van der Waals surface area contributed by atoms with Crippen molar-refractivity contribution in [2.75, 3.05) is 0 Å². The van der Waals surface area contributed by atoms with Crippen molar-refractivity contribution in [1.29, 1.82) is 0 Å². The van der Waals surface area contributed by atoms with E-state index in [0.29, 0.717) is 11.8 Å². The molecule has 3 aliphatic rings. The fourth-order valence-corrected chi connectivity index (χ4v) is 6.76. The third kappa shape index (κ3) is 2.75. The van der Waals surface area contributed by atoms with Gasteiger partial charge in [0.25, 0.3) is 0 Å². The van der Waals surface area contributed by atoms with E-state index in [1.54, 1.807) is 11.1 Å². The van der Waals surface area contributed by atoms with Crippen molar-refractivity contribution >= 4 is 0 Å². The van der Waals surface area contributed by atoms with Crippen LogP contribution in [0.3, 0.4) is 0 Å². The van der Waals surface area contributed by atoms with E-state index in [0.717, 1.165) is 41.4 Å². The van der Waals surface area contributed by atoms with E-state index in [2.05, 4.69) is 41.2 Å². The van der Waals surface area contributed by atoms with Crippen molar-refractivity contribution in [3.63, 3.8) is 0 Å². The summed E-state index contributed by atoms with van der Waals surface area (Å²) in [7, 11) is 0. The summed E-state index contributed by atoms with van der Waals surface area (Å²) in [4.78, 5) is 0. The van der Waals surface area contributed by atoms with Gasteiger partial charge in [0.05, 0.1) is 0 Å². The molecule has 0 aromatic rings. The quantitative estimate of drug-likeness (QED) is 0.470. The minimum atomic E-state index is 0.636. The maximum atomic E-state index is 4.71. The van der Waals surface area contributed by atoms with E-state index < -0.39 is 0 Å². The fraction of sp³-hybridized carbons (Fsp3) is 0.826. The molecule has 0 radical (unpaired) electrons. The molecule has 0 nitrogen and oxygen atoms in total. The van der Waals surface area contributed by atoms with Crippen molar-refractivity contribution in [2.45, 2.75) is 66.7 Å². The summed E-state index contributed by atoms with van der Waals surface area (Å²) in [6.45, 7) is 21.8. The van der Waals surface area contributed by atoms with Gasteiger partial charge in [0.2, 0.25) is 0 Å². The van der Waals surface area contributed by atoms with E-state index in [1.807, 2.05) is 0 Å². The van der Waals surface area contributed by atoms with Crippen LogP contribution < -0.4 is 0 Å². The Bertz CT molecular complexity index is 472. The van der Waals surface area contributed by atoms with Crippen LogP contribution in [0.25, 0.3) is 0 Å². The SMILES string of the molecule is C=C1C(C)C(C2C(C)CC(C)C(C)C2C)C(=C)C2CCCCC12. The van der Waals surface area contributed by atoms with Crippen LogP contribution in [0.15, 0.2) is 24.3 Å². The predicted octanol–water partition coefficient (Wildman–Crippen LogP) is 6.74. The molecule has 130 valence electrons. The summed E-state index contributed by atoms with van der Waals surface area (Å²) >= 11 is 0. The van der Waals surface area contributed by atoms with Crippen LogP contribution in [0.2, 0.25) is 0 Å². The molecule has 9 atom stereocenters. The summed E-state index contributed by atoms with van der Waals surface area (Å²) in [5.41, 5.74) is 3.18. The lowest BCUT2D eigenvalue weighted by Gasteiger charge is -2.54. The number of fused-ring (bicyclic) bond motifs is 1. The van der Waals surface area contributed by atoms with Crippen molar-refractivity contribution in [3.8, 4) is 0 Å². The van der Waals surface area contributed by atoms with E-state index in [1.165, 1.54) is 32.1 Å². The molecule has 23 heavy (non-hydrogen) atoms. The molecule has 0 N–H and O–H groups in total. The second kappa shape index (κ2) is 6.41. The molecule has 3 fully saturated rings. The molecule has 0 heterocycles. The third-order valence-electron chi connectivity index (χ3n) is 8.42. The van der Waals surface area contributed by atoms with Gasteiger partial charge in [-0.15, -0.1) is 0 Å². The molecule has 0 spiro atoms. The highest BCUT2D eigenvalue weighted by Crippen LogP contribution is 2.57. The van der Waals surface area contributed by atoms with Gasteiger partial charge in [-0.05, 0) is 72.5 Å². The molecule has 0 aromatic heterocycles. The van der Waals surface area contributed by atoms with Gasteiger partial charge in [0.1, 0.15) is 0 Å². The Morgan fingerprint density at radius 2 is 1.30 bits per heavy atom. The van der Waals surface area contributed by atoms with Gasteiger partial charge in [0, 0.05) is 0 Å². The van der Waals surface area contributed by atoms with E-state index in [9.17, 15) is 0 Å². The Kier molecular flexibility index (Phi) is 4.83. The van der Waals surface area contributed by atoms with Crippen LogP contribution in [0.1, 0.15) is 66.7 Å². The molecule has 0 aromatic carbocycles. The number of rotatable bonds is 1. The van der Waals surface area contributed by atoms with Crippen molar-refractivity contribution in [3.05, 3.63) is 24.3 Å². The first-order valence-electron chi connectivity index (χ1n) is 10.2. The van der Waals surface area contributed by atoms with E-state index in [-0.39, 0.29) is 0 Å². The minimum Gasteiger partial charge on any atom is -0.0993 e. The van der Waals surface area contributed by atoms with Crippen LogP contribution >= 0.6 is 0 Å². The van der Waals surface area contributed by atoms with E-state index in [4.69, 9.17) is 6.58 Å². The van der Waals surface area contributed by atoms with Crippen LogP contribution in [-0.4, -0.2) is 0 Å². The first kappa shape index (κ1) is 17.3. The van der Waals surface area contributed by atoms with Gasteiger partial charge < -0.3 is 0 Å². The summed E-state index contributed by atoms with van der Waals surface area (Å²) < 4.78 is 0. The first-order valence-corrected chi connectivity index (χ1v) is 10.2. The lowest BCUT2D eigenvalue weighted by atomic mass is 9.51. The fourth-order valence-electron chi connectivity index (χ4n) is 6.76. The normalized spacial score (nSPS) is 51.4. The number of hydrogen-bond donors (Lipinski definition) is 0. The Hall–Kier alpha value is -0.520. The van der Waals surface area contributed by atoms with Gasteiger partial charge in [-0.1, -0.05) is 71.8 Å². The van der Waals surface area contributed by atoms with Crippen LogP contribution in [0.4, 0.5) is 0 Å². The summed E-state index contributed by atoms with van der Waals surface area (Å²) in [6, 6.07) is 0. The van der Waals surface area contributed by atoms with Gasteiger partial charge in [-0.2, -0.15) is 0 Å². The molecular formula is C23H38. The van der Waals surface area contributed by atoms with Crippen molar-refractivity contribution in [1.82, 2.24) is 0 Å². The van der Waals surface area contributed by atoms with E-state index >= 15 is 0 Å². The van der Waals surface area contributed by atoms with Crippen LogP contribution in [0.5, 0.6) is 0 Å². The highest BCUT2D eigenvalue weighted by atomic mass is 14.5. The third-order valence-corrected chi connectivity index (χ3v) is 8.42. The molecule has 0 aliphatic heterocycles. The second-order valence-electron chi connectivity index (χ2n) is 9.45. The predicted molar refractivity (Wildman–Crippen MR) is 101 cm³/mol. The molecular weight excluding hydrogens is 276 g/mol. The van der Waals surface area contributed by atoms with Gasteiger partial charge >= 0.3 is 0 Å². The summed E-state index contributed by atoms with van der Waals surface area (Å²) in [5.74, 6) is 6.96. The molecule has 3 saturated carbocycles. The Morgan fingerprint density at radius 1 is 0.739 bits per heavy atom. The number of allylic oxidation sites excluding steroid dienone is 2. The Morgan fingerprint density at radius 3 is 1.91 bits per heavy atom. The highest BCUT2D eigenvalue weighted by molar-refractivity contribution is 5.27. The average Bonchev–Trinajstić information content (AvgIpc) is 2.54. The van der Waals surface area contributed by atoms with Crippen LogP contribution in [0, 0.1) is 53.3 Å². The Labute approximate surface area is 144 Å². The lowest BCUT2D eigenvalue weighted by molar-refractivity contribution is 0.0170. The Balaban J connectivity index is 1.91.